The van der Waals surface area contributed by atoms with E-state index < -0.39 is 0 Å². The fraction of sp³-hybridized carbons (Fsp3) is 0.600. The van der Waals surface area contributed by atoms with Gasteiger partial charge in [-0.2, -0.15) is 0 Å². The van der Waals surface area contributed by atoms with Crippen molar-refractivity contribution in [1.29, 1.82) is 0 Å². The molecule has 0 aliphatic carbocycles. The number of benzene rings is 1. The Bertz CT molecular complexity index is 336. The van der Waals surface area contributed by atoms with E-state index in [4.69, 9.17) is 0 Å². The Hall–Kier alpha value is -0.470. The summed E-state index contributed by atoms with van der Waals surface area (Å²) in [7, 11) is 0. The number of nitrogens with one attached hydrogen (secondary N) is 1. The van der Waals surface area contributed by atoms with Gasteiger partial charge in [0.2, 0.25) is 0 Å². The van der Waals surface area contributed by atoms with E-state index in [1.54, 1.807) is 0 Å². The van der Waals surface area contributed by atoms with Gasteiger partial charge in [-0.25, -0.2) is 0 Å². The minimum Gasteiger partial charge on any atom is -0.316 e. The molecule has 0 aromatic heterocycles. The van der Waals surface area contributed by atoms with Crippen molar-refractivity contribution in [3.05, 3.63) is 29.3 Å². The molecule has 1 aromatic carbocycles. The standard InChI is InChI=1S/C15H25NS/c1-5-8-16-10-13(3)11-17-15-9-12(2)6-7-14(15)4/h6-7,9,13,16H,5,8,10-11H2,1-4H3. The van der Waals surface area contributed by atoms with Crippen LogP contribution in [0.15, 0.2) is 23.1 Å². The van der Waals surface area contributed by atoms with Crippen molar-refractivity contribution in [2.24, 2.45) is 5.92 Å². The summed E-state index contributed by atoms with van der Waals surface area (Å²) in [5, 5.41) is 3.48. The Morgan fingerprint density at radius 3 is 2.76 bits per heavy atom. The summed E-state index contributed by atoms with van der Waals surface area (Å²) in [4.78, 5) is 1.44. The molecule has 1 unspecified atom stereocenters. The number of thioether (sulfide) groups is 1. The fourth-order valence-corrected chi connectivity index (χ4v) is 2.83. The molecule has 2 heteroatoms. The van der Waals surface area contributed by atoms with Gasteiger partial charge in [-0.3, -0.25) is 0 Å². The van der Waals surface area contributed by atoms with Crippen LogP contribution in [0.3, 0.4) is 0 Å². The first-order valence-electron chi connectivity index (χ1n) is 6.54. The Morgan fingerprint density at radius 1 is 1.29 bits per heavy atom. The fourth-order valence-electron chi connectivity index (χ4n) is 1.68. The van der Waals surface area contributed by atoms with Gasteiger partial charge < -0.3 is 5.32 Å². The van der Waals surface area contributed by atoms with Crippen LogP contribution in [0.2, 0.25) is 0 Å². The molecule has 1 rings (SSSR count). The SMILES string of the molecule is CCCNCC(C)CSc1cc(C)ccc1C. The lowest BCUT2D eigenvalue weighted by Gasteiger charge is -2.13. The molecule has 0 heterocycles. The third kappa shape index (κ3) is 5.60. The maximum absolute atomic E-state index is 3.48. The van der Waals surface area contributed by atoms with Gasteiger partial charge in [0.1, 0.15) is 0 Å². The van der Waals surface area contributed by atoms with Crippen molar-refractivity contribution >= 4 is 11.8 Å². The van der Waals surface area contributed by atoms with Crippen LogP contribution in [0.5, 0.6) is 0 Å². The summed E-state index contributed by atoms with van der Waals surface area (Å²) in [6, 6.07) is 6.70. The molecule has 0 radical (unpaired) electrons. The van der Waals surface area contributed by atoms with Gasteiger partial charge in [0.05, 0.1) is 0 Å². The monoisotopic (exact) mass is 251 g/mol. The van der Waals surface area contributed by atoms with Crippen LogP contribution in [0.4, 0.5) is 0 Å². The van der Waals surface area contributed by atoms with Crippen molar-refractivity contribution < 1.29 is 0 Å². The molecule has 0 bridgehead atoms. The highest BCUT2D eigenvalue weighted by Crippen LogP contribution is 2.25. The van der Waals surface area contributed by atoms with E-state index >= 15 is 0 Å². The number of hydrogen-bond acceptors (Lipinski definition) is 2. The summed E-state index contributed by atoms with van der Waals surface area (Å²) >= 11 is 1.99. The Morgan fingerprint density at radius 2 is 2.06 bits per heavy atom. The topological polar surface area (TPSA) is 12.0 Å². The third-order valence-electron chi connectivity index (χ3n) is 2.79. The largest absolute Gasteiger partial charge is 0.316 e. The minimum atomic E-state index is 0.728. The van der Waals surface area contributed by atoms with E-state index in [0.29, 0.717) is 0 Å². The zero-order chi connectivity index (χ0) is 12.7. The van der Waals surface area contributed by atoms with Crippen LogP contribution < -0.4 is 5.32 Å². The molecular weight excluding hydrogens is 226 g/mol. The molecule has 17 heavy (non-hydrogen) atoms. The second-order valence-electron chi connectivity index (χ2n) is 4.89. The zero-order valence-corrected chi connectivity index (χ0v) is 12.4. The smallest absolute Gasteiger partial charge is 0.0104 e. The van der Waals surface area contributed by atoms with Crippen molar-refractivity contribution in [3.63, 3.8) is 0 Å². The molecule has 1 N–H and O–H groups in total. The molecule has 0 aliphatic heterocycles. The van der Waals surface area contributed by atoms with E-state index in [0.717, 1.165) is 19.0 Å². The van der Waals surface area contributed by atoms with Crippen molar-refractivity contribution in [3.8, 4) is 0 Å². The summed E-state index contributed by atoms with van der Waals surface area (Å²) in [5.41, 5.74) is 2.75. The van der Waals surface area contributed by atoms with Crippen LogP contribution in [-0.4, -0.2) is 18.8 Å². The highest BCUT2D eigenvalue weighted by Gasteiger charge is 2.04. The minimum absolute atomic E-state index is 0.728. The molecule has 96 valence electrons. The quantitative estimate of drug-likeness (QED) is 0.580. The lowest BCUT2D eigenvalue weighted by molar-refractivity contribution is 0.557. The van der Waals surface area contributed by atoms with Gasteiger partial charge in [0, 0.05) is 10.6 Å². The highest BCUT2D eigenvalue weighted by atomic mass is 32.2. The van der Waals surface area contributed by atoms with E-state index in [2.05, 4.69) is 51.2 Å². The van der Waals surface area contributed by atoms with Crippen LogP contribution in [0, 0.1) is 19.8 Å². The van der Waals surface area contributed by atoms with Gasteiger partial charge in [-0.05, 0) is 50.9 Å². The second kappa shape index (κ2) is 7.78. The lowest BCUT2D eigenvalue weighted by Crippen LogP contribution is -2.23. The molecule has 1 atom stereocenters. The van der Waals surface area contributed by atoms with Crippen molar-refractivity contribution in [2.45, 2.75) is 39.0 Å². The molecule has 1 aromatic rings. The highest BCUT2D eigenvalue weighted by molar-refractivity contribution is 7.99. The first kappa shape index (κ1) is 14.6. The molecule has 0 saturated heterocycles. The van der Waals surface area contributed by atoms with E-state index in [1.165, 1.54) is 28.2 Å². The molecule has 0 spiro atoms. The summed E-state index contributed by atoms with van der Waals surface area (Å²) < 4.78 is 0. The molecule has 0 saturated carbocycles. The Kier molecular flexibility index (Phi) is 6.68. The van der Waals surface area contributed by atoms with Crippen molar-refractivity contribution in [2.75, 3.05) is 18.8 Å². The van der Waals surface area contributed by atoms with Crippen LogP contribution >= 0.6 is 11.8 Å². The molecule has 0 fully saturated rings. The predicted octanol–water partition coefficient (Wildman–Crippen LogP) is 4.03. The van der Waals surface area contributed by atoms with Gasteiger partial charge in [-0.1, -0.05) is 31.5 Å². The first-order valence-corrected chi connectivity index (χ1v) is 7.52. The number of aryl methyl sites for hydroxylation is 2. The number of rotatable bonds is 7. The van der Waals surface area contributed by atoms with E-state index in [-0.39, 0.29) is 0 Å². The predicted molar refractivity (Wildman–Crippen MR) is 79.0 cm³/mol. The van der Waals surface area contributed by atoms with E-state index in [1.807, 2.05) is 11.8 Å². The van der Waals surface area contributed by atoms with Gasteiger partial charge in [0.15, 0.2) is 0 Å². The average Bonchev–Trinajstić information content (AvgIpc) is 2.31. The average molecular weight is 251 g/mol. The first-order chi connectivity index (χ1) is 8.13. The lowest BCUT2D eigenvalue weighted by atomic mass is 10.2. The van der Waals surface area contributed by atoms with Crippen molar-refractivity contribution in [1.82, 2.24) is 5.32 Å². The molecule has 0 amide bonds. The van der Waals surface area contributed by atoms with Gasteiger partial charge in [0.25, 0.3) is 0 Å². The van der Waals surface area contributed by atoms with Gasteiger partial charge >= 0.3 is 0 Å². The number of hydrogen-bond donors (Lipinski definition) is 1. The Balaban J connectivity index is 2.36. The van der Waals surface area contributed by atoms with Crippen LogP contribution in [0.25, 0.3) is 0 Å². The van der Waals surface area contributed by atoms with E-state index in [9.17, 15) is 0 Å². The van der Waals surface area contributed by atoms with Gasteiger partial charge in [-0.15, -0.1) is 11.8 Å². The summed E-state index contributed by atoms with van der Waals surface area (Å²) in [6.45, 7) is 11.2. The molecule has 1 nitrogen and oxygen atoms in total. The van der Waals surface area contributed by atoms with Crippen LogP contribution in [-0.2, 0) is 0 Å². The molecular formula is C15H25NS. The normalized spacial score (nSPS) is 12.7. The molecule has 0 aliphatic rings. The third-order valence-corrected chi connectivity index (χ3v) is 4.27. The second-order valence-corrected chi connectivity index (χ2v) is 5.95. The Labute approximate surface area is 110 Å². The van der Waals surface area contributed by atoms with Crippen LogP contribution in [0.1, 0.15) is 31.4 Å². The maximum Gasteiger partial charge on any atom is 0.0104 e. The summed E-state index contributed by atoms with van der Waals surface area (Å²) in [6.07, 6.45) is 1.22. The summed E-state index contributed by atoms with van der Waals surface area (Å²) in [5.74, 6) is 1.92. The zero-order valence-electron chi connectivity index (χ0n) is 11.5. The maximum atomic E-state index is 3.48.